The van der Waals surface area contributed by atoms with Gasteiger partial charge >= 0.3 is 5.69 Å². The van der Waals surface area contributed by atoms with Crippen molar-refractivity contribution in [3.63, 3.8) is 0 Å². The van der Waals surface area contributed by atoms with Crippen molar-refractivity contribution in [3.8, 4) is 22.9 Å². The molecule has 1 aromatic heterocycles. The van der Waals surface area contributed by atoms with Crippen LogP contribution in [0.5, 0.6) is 17.2 Å². The molecule has 212 valence electrons. The molecule has 3 aromatic carbocycles. The molecule has 0 atom stereocenters. The highest BCUT2D eigenvalue weighted by Gasteiger charge is 2.32. The van der Waals surface area contributed by atoms with Crippen LogP contribution in [0.25, 0.3) is 5.69 Å². The molecule has 0 aliphatic carbocycles. The second-order valence-electron chi connectivity index (χ2n) is 9.14. The summed E-state index contributed by atoms with van der Waals surface area (Å²) >= 11 is 9.58. The number of fused-ring (bicyclic) bond motifs is 1. The van der Waals surface area contributed by atoms with Crippen molar-refractivity contribution < 1.29 is 23.8 Å². The molecule has 41 heavy (non-hydrogen) atoms. The van der Waals surface area contributed by atoms with Crippen LogP contribution in [0.2, 0.25) is 5.02 Å². The summed E-state index contributed by atoms with van der Waals surface area (Å²) in [5.74, 6) is 0.728. The maximum Gasteiger partial charge on any atom is 0.333 e. The Kier molecular flexibility index (Phi) is 8.09. The van der Waals surface area contributed by atoms with E-state index in [-0.39, 0.29) is 31.2 Å². The number of rotatable bonds is 7. The first-order valence-electron chi connectivity index (χ1n) is 12.5. The molecule has 0 unspecified atom stereocenters. The van der Waals surface area contributed by atoms with Crippen molar-refractivity contribution >= 4 is 45.0 Å². The van der Waals surface area contributed by atoms with Crippen molar-refractivity contribution in [2.24, 2.45) is 0 Å². The Balaban J connectivity index is 1.59. The molecule has 0 radical (unpaired) electrons. The normalized spacial score (nSPS) is 12.5. The van der Waals surface area contributed by atoms with Crippen molar-refractivity contribution in [3.05, 3.63) is 97.6 Å². The smallest absolute Gasteiger partial charge is 0.333 e. The third-order valence-electron chi connectivity index (χ3n) is 6.84. The van der Waals surface area contributed by atoms with Gasteiger partial charge in [0.05, 0.1) is 50.0 Å². The van der Waals surface area contributed by atoms with Crippen LogP contribution < -0.4 is 25.2 Å². The topological polar surface area (TPSA) is 104 Å². The maximum absolute atomic E-state index is 13.9. The van der Waals surface area contributed by atoms with Gasteiger partial charge in [-0.3, -0.25) is 18.7 Å². The minimum atomic E-state index is -0.545. The molecule has 2 heterocycles. The van der Waals surface area contributed by atoms with Gasteiger partial charge in [0.25, 0.3) is 11.8 Å². The zero-order valence-corrected chi connectivity index (χ0v) is 24.8. The molecule has 5 rings (SSSR count). The number of carbonyl (C=O) groups excluding carboxylic acids is 2. The van der Waals surface area contributed by atoms with Gasteiger partial charge in [0, 0.05) is 29.2 Å². The number of hydrogen-bond donors (Lipinski definition) is 1. The SMILES string of the molecule is COc1ccc(-n2c(C(=O)Nc3ccc(OC)cc3OC)c3n(c2=O)CCN(C(=O)c2ccc(Br)c(Cl)c2)C3)cc1. The number of hydrogen-bond acceptors (Lipinski definition) is 6. The molecular weight excluding hydrogens is 616 g/mol. The lowest BCUT2D eigenvalue weighted by Crippen LogP contribution is -2.41. The summed E-state index contributed by atoms with van der Waals surface area (Å²) in [7, 11) is 4.56. The summed E-state index contributed by atoms with van der Waals surface area (Å²) in [6.45, 7) is 0.520. The number of aromatic nitrogens is 2. The van der Waals surface area contributed by atoms with Crippen molar-refractivity contribution in [2.45, 2.75) is 13.1 Å². The van der Waals surface area contributed by atoms with E-state index in [1.165, 1.54) is 23.4 Å². The van der Waals surface area contributed by atoms with E-state index in [0.717, 1.165) is 0 Å². The Morgan fingerprint density at radius 2 is 1.61 bits per heavy atom. The van der Waals surface area contributed by atoms with Crippen molar-refractivity contribution in [2.75, 3.05) is 33.2 Å². The lowest BCUT2D eigenvalue weighted by molar-refractivity contribution is 0.0707. The second kappa shape index (κ2) is 11.7. The summed E-state index contributed by atoms with van der Waals surface area (Å²) in [5, 5.41) is 3.28. The Morgan fingerprint density at radius 3 is 2.27 bits per heavy atom. The lowest BCUT2D eigenvalue weighted by Gasteiger charge is -2.28. The van der Waals surface area contributed by atoms with Gasteiger partial charge in [-0.2, -0.15) is 0 Å². The summed E-state index contributed by atoms with van der Waals surface area (Å²) in [5.41, 5.74) is 1.37. The zero-order valence-electron chi connectivity index (χ0n) is 22.4. The van der Waals surface area contributed by atoms with Gasteiger partial charge in [-0.05, 0) is 70.5 Å². The van der Waals surface area contributed by atoms with Crippen LogP contribution in [-0.4, -0.2) is 53.7 Å². The molecule has 1 aliphatic heterocycles. The van der Waals surface area contributed by atoms with Crippen molar-refractivity contribution in [1.82, 2.24) is 14.0 Å². The van der Waals surface area contributed by atoms with Crippen LogP contribution in [0.3, 0.4) is 0 Å². The predicted octanol–water partition coefficient (Wildman–Crippen LogP) is 4.99. The van der Waals surface area contributed by atoms with E-state index < -0.39 is 11.6 Å². The molecule has 1 N–H and O–H groups in total. The van der Waals surface area contributed by atoms with Gasteiger partial charge in [0.2, 0.25) is 0 Å². The first-order valence-corrected chi connectivity index (χ1v) is 13.7. The third-order valence-corrected chi connectivity index (χ3v) is 8.07. The monoisotopic (exact) mass is 640 g/mol. The van der Waals surface area contributed by atoms with E-state index in [2.05, 4.69) is 21.2 Å². The standard InChI is InChI=1S/C29H26BrClN4O6/c1-39-19-7-5-18(6-8-19)35-26(27(36)32-23-11-9-20(40-2)15-25(23)41-3)24-16-33(12-13-34(24)29(35)38)28(37)17-4-10-21(30)22(31)14-17/h4-11,14-15H,12-13,16H2,1-3H3,(H,32,36). The lowest BCUT2D eigenvalue weighted by atomic mass is 10.1. The summed E-state index contributed by atoms with van der Waals surface area (Å²) in [4.78, 5) is 42.7. The number of methoxy groups -OCH3 is 3. The molecule has 0 saturated heterocycles. The highest BCUT2D eigenvalue weighted by atomic mass is 79.9. The Hall–Kier alpha value is -4.22. The second-order valence-corrected chi connectivity index (χ2v) is 10.4. The minimum absolute atomic E-state index is 0.0351. The first kappa shape index (κ1) is 28.3. The van der Waals surface area contributed by atoms with Crippen LogP contribution in [0.4, 0.5) is 5.69 Å². The number of benzene rings is 3. The first-order chi connectivity index (χ1) is 19.7. The molecule has 12 heteroatoms. The summed E-state index contributed by atoms with van der Waals surface area (Å²) < 4.78 is 19.5. The quantitative estimate of drug-likeness (QED) is 0.305. The van der Waals surface area contributed by atoms with E-state index >= 15 is 0 Å². The Bertz CT molecular complexity index is 1700. The fourth-order valence-electron chi connectivity index (χ4n) is 4.73. The summed E-state index contributed by atoms with van der Waals surface area (Å²) in [6, 6.07) is 16.8. The number of imidazole rings is 1. The predicted molar refractivity (Wildman–Crippen MR) is 158 cm³/mol. The van der Waals surface area contributed by atoms with Gasteiger partial charge in [0.1, 0.15) is 22.9 Å². The molecule has 0 bridgehead atoms. The van der Waals surface area contributed by atoms with Gasteiger partial charge < -0.3 is 24.4 Å². The van der Waals surface area contributed by atoms with E-state index in [9.17, 15) is 14.4 Å². The zero-order chi connectivity index (χ0) is 29.3. The Morgan fingerprint density at radius 1 is 0.902 bits per heavy atom. The molecular formula is C29H26BrClN4O6. The largest absolute Gasteiger partial charge is 0.497 e. The Labute approximate surface area is 249 Å². The molecule has 0 fully saturated rings. The number of halogens is 2. The van der Waals surface area contributed by atoms with Gasteiger partial charge in [0.15, 0.2) is 0 Å². The van der Waals surface area contributed by atoms with Crippen LogP contribution in [0, 0.1) is 0 Å². The van der Waals surface area contributed by atoms with E-state index in [1.807, 2.05) is 0 Å². The van der Waals surface area contributed by atoms with Crippen LogP contribution in [0.15, 0.2) is 69.9 Å². The van der Waals surface area contributed by atoms with E-state index in [0.29, 0.717) is 49.4 Å². The number of amides is 2. The van der Waals surface area contributed by atoms with E-state index in [1.54, 1.807) is 72.7 Å². The highest BCUT2D eigenvalue weighted by Crippen LogP contribution is 2.31. The maximum atomic E-state index is 13.9. The van der Waals surface area contributed by atoms with Gasteiger partial charge in [-0.25, -0.2) is 4.79 Å². The fraction of sp³-hybridized carbons (Fsp3) is 0.207. The third kappa shape index (κ3) is 5.42. The number of carbonyl (C=O) groups is 2. The highest BCUT2D eigenvalue weighted by molar-refractivity contribution is 9.10. The van der Waals surface area contributed by atoms with E-state index in [4.69, 9.17) is 25.8 Å². The summed E-state index contributed by atoms with van der Waals surface area (Å²) in [6.07, 6.45) is 0. The number of nitrogens with one attached hydrogen (secondary N) is 1. The molecule has 2 amide bonds. The van der Waals surface area contributed by atoms with Crippen LogP contribution in [0.1, 0.15) is 26.5 Å². The van der Waals surface area contributed by atoms with Crippen LogP contribution in [-0.2, 0) is 13.1 Å². The molecule has 10 nitrogen and oxygen atoms in total. The van der Waals surface area contributed by atoms with Gasteiger partial charge in [-0.15, -0.1) is 0 Å². The number of nitrogens with zero attached hydrogens (tertiary/aromatic N) is 3. The molecule has 4 aromatic rings. The minimum Gasteiger partial charge on any atom is -0.497 e. The molecule has 0 spiro atoms. The molecule has 0 saturated carbocycles. The van der Waals surface area contributed by atoms with Crippen LogP contribution >= 0.6 is 27.5 Å². The average molecular weight is 642 g/mol. The van der Waals surface area contributed by atoms with Crippen molar-refractivity contribution in [1.29, 1.82) is 0 Å². The van der Waals surface area contributed by atoms with Gasteiger partial charge in [-0.1, -0.05) is 11.6 Å². The molecule has 1 aliphatic rings. The number of anilines is 1. The average Bonchev–Trinajstić information content (AvgIpc) is 3.29. The fourth-order valence-corrected chi connectivity index (χ4v) is 5.16. The number of ether oxygens (including phenoxy) is 3.